The van der Waals surface area contributed by atoms with Crippen LogP contribution >= 0.6 is 0 Å². The fraction of sp³-hybridized carbons (Fsp3) is 0.192. The Labute approximate surface area is 180 Å². The standard InChI is InChI=1S/C26H23NO4/c28-22-17-24(27-13-15-29-16-14-27)31-26-21(22)11-12-23(25(26)20-9-5-2-6-10-20)30-18-19-7-3-1-4-8-19/h1-12,17H,13-16,18H2. The largest absolute Gasteiger partial charge is 0.488 e. The third kappa shape index (κ3) is 4.05. The molecule has 0 radical (unpaired) electrons. The van der Waals surface area contributed by atoms with Gasteiger partial charge in [-0.2, -0.15) is 0 Å². The van der Waals surface area contributed by atoms with E-state index in [2.05, 4.69) is 4.90 Å². The lowest BCUT2D eigenvalue weighted by Gasteiger charge is -2.27. The molecule has 5 rings (SSSR count). The average Bonchev–Trinajstić information content (AvgIpc) is 2.84. The Hall–Kier alpha value is -3.57. The summed E-state index contributed by atoms with van der Waals surface area (Å²) < 4.78 is 18.0. The van der Waals surface area contributed by atoms with Crippen LogP contribution in [0.4, 0.5) is 5.88 Å². The van der Waals surface area contributed by atoms with Crippen LogP contribution in [0.5, 0.6) is 5.75 Å². The van der Waals surface area contributed by atoms with E-state index in [4.69, 9.17) is 13.9 Å². The average molecular weight is 413 g/mol. The SMILES string of the molecule is O=c1cc(N2CCOCC2)oc2c(-c3ccccc3)c(OCc3ccccc3)ccc12. The van der Waals surface area contributed by atoms with Crippen LogP contribution < -0.4 is 15.1 Å². The highest BCUT2D eigenvalue weighted by atomic mass is 16.5. The molecule has 0 bridgehead atoms. The lowest BCUT2D eigenvalue weighted by molar-refractivity contribution is 0.121. The second-order valence-electron chi connectivity index (χ2n) is 7.50. The molecule has 3 aromatic carbocycles. The maximum absolute atomic E-state index is 13.0. The van der Waals surface area contributed by atoms with Crippen molar-refractivity contribution in [3.8, 4) is 16.9 Å². The van der Waals surface area contributed by atoms with Gasteiger partial charge in [-0.1, -0.05) is 60.7 Å². The first-order chi connectivity index (χ1) is 15.3. The number of benzene rings is 3. The minimum atomic E-state index is -0.0606. The molecule has 0 N–H and O–H groups in total. The normalized spacial score (nSPS) is 14.0. The van der Waals surface area contributed by atoms with Crippen LogP contribution in [0.15, 0.2) is 88.1 Å². The number of fused-ring (bicyclic) bond motifs is 1. The summed E-state index contributed by atoms with van der Waals surface area (Å²) >= 11 is 0. The van der Waals surface area contributed by atoms with Crippen molar-refractivity contribution in [1.82, 2.24) is 0 Å². The summed E-state index contributed by atoms with van der Waals surface area (Å²) in [5, 5.41) is 0.544. The Morgan fingerprint density at radius 3 is 2.32 bits per heavy atom. The first kappa shape index (κ1) is 19.4. The van der Waals surface area contributed by atoms with E-state index in [1.165, 1.54) is 0 Å². The highest BCUT2D eigenvalue weighted by Crippen LogP contribution is 2.38. The first-order valence-electron chi connectivity index (χ1n) is 10.5. The summed E-state index contributed by atoms with van der Waals surface area (Å²) in [5.41, 5.74) is 3.30. The van der Waals surface area contributed by atoms with Crippen molar-refractivity contribution in [2.24, 2.45) is 0 Å². The van der Waals surface area contributed by atoms with Gasteiger partial charge in [0.25, 0.3) is 0 Å². The van der Waals surface area contributed by atoms with Gasteiger partial charge in [0.15, 0.2) is 16.9 Å². The third-order valence-corrected chi connectivity index (χ3v) is 5.47. The summed E-state index contributed by atoms with van der Waals surface area (Å²) in [6.45, 7) is 3.05. The number of ether oxygens (including phenoxy) is 2. The molecule has 2 heterocycles. The summed E-state index contributed by atoms with van der Waals surface area (Å²) in [5.74, 6) is 1.25. The smallest absolute Gasteiger partial charge is 0.200 e. The van der Waals surface area contributed by atoms with E-state index in [9.17, 15) is 4.79 Å². The molecule has 0 spiro atoms. The fourth-order valence-electron chi connectivity index (χ4n) is 3.86. The van der Waals surface area contributed by atoms with Crippen LogP contribution in [0.25, 0.3) is 22.1 Å². The van der Waals surface area contributed by atoms with Crippen molar-refractivity contribution < 1.29 is 13.9 Å². The number of hydrogen-bond donors (Lipinski definition) is 0. The van der Waals surface area contributed by atoms with E-state index < -0.39 is 0 Å². The van der Waals surface area contributed by atoms with Gasteiger partial charge in [0.05, 0.1) is 24.2 Å². The Kier molecular flexibility index (Phi) is 5.42. The quantitative estimate of drug-likeness (QED) is 0.467. The van der Waals surface area contributed by atoms with Crippen molar-refractivity contribution in [3.05, 3.63) is 94.6 Å². The summed E-state index contributed by atoms with van der Waals surface area (Å²) in [6.07, 6.45) is 0. The lowest BCUT2D eigenvalue weighted by Crippen LogP contribution is -2.36. The van der Waals surface area contributed by atoms with Crippen molar-refractivity contribution in [1.29, 1.82) is 0 Å². The monoisotopic (exact) mass is 413 g/mol. The van der Waals surface area contributed by atoms with Gasteiger partial charge in [-0.15, -0.1) is 0 Å². The van der Waals surface area contributed by atoms with Gasteiger partial charge in [0.2, 0.25) is 0 Å². The molecule has 1 fully saturated rings. The molecule has 0 unspecified atom stereocenters. The summed E-state index contributed by atoms with van der Waals surface area (Å²) in [7, 11) is 0. The Bertz CT molecular complexity index is 1230. The molecule has 5 nitrogen and oxygen atoms in total. The summed E-state index contributed by atoms with van der Waals surface area (Å²) in [6, 6.07) is 25.2. The zero-order valence-electron chi connectivity index (χ0n) is 17.1. The van der Waals surface area contributed by atoms with Gasteiger partial charge in [-0.05, 0) is 23.3 Å². The van der Waals surface area contributed by atoms with Crippen LogP contribution in [0, 0.1) is 0 Å². The lowest BCUT2D eigenvalue weighted by atomic mass is 10.0. The topological polar surface area (TPSA) is 51.9 Å². The predicted molar refractivity (Wildman–Crippen MR) is 122 cm³/mol. The van der Waals surface area contributed by atoms with Crippen molar-refractivity contribution in [2.75, 3.05) is 31.2 Å². The number of rotatable bonds is 5. The molecule has 0 saturated carbocycles. The Morgan fingerprint density at radius 1 is 0.871 bits per heavy atom. The fourth-order valence-corrected chi connectivity index (χ4v) is 3.86. The zero-order chi connectivity index (χ0) is 21.0. The van der Waals surface area contributed by atoms with Gasteiger partial charge in [-0.25, -0.2) is 0 Å². The molecule has 0 atom stereocenters. The molecular formula is C26H23NO4. The summed E-state index contributed by atoms with van der Waals surface area (Å²) in [4.78, 5) is 15.0. The molecule has 1 saturated heterocycles. The minimum absolute atomic E-state index is 0.0606. The second-order valence-corrected chi connectivity index (χ2v) is 7.50. The number of hydrogen-bond acceptors (Lipinski definition) is 5. The highest BCUT2D eigenvalue weighted by molar-refractivity contribution is 5.96. The van der Waals surface area contributed by atoms with E-state index in [1.807, 2.05) is 66.7 Å². The molecule has 31 heavy (non-hydrogen) atoms. The van der Waals surface area contributed by atoms with Gasteiger partial charge < -0.3 is 18.8 Å². The van der Waals surface area contributed by atoms with E-state index in [0.717, 1.165) is 16.7 Å². The van der Waals surface area contributed by atoms with E-state index in [-0.39, 0.29) is 5.43 Å². The third-order valence-electron chi connectivity index (χ3n) is 5.47. The van der Waals surface area contributed by atoms with Crippen LogP contribution in [-0.2, 0) is 11.3 Å². The molecule has 1 aliphatic rings. The van der Waals surface area contributed by atoms with Crippen molar-refractivity contribution in [3.63, 3.8) is 0 Å². The molecule has 4 aromatic rings. The molecule has 0 amide bonds. The van der Waals surface area contributed by atoms with Gasteiger partial charge in [0, 0.05) is 19.2 Å². The highest BCUT2D eigenvalue weighted by Gasteiger charge is 2.20. The van der Waals surface area contributed by atoms with Crippen LogP contribution in [0.3, 0.4) is 0 Å². The van der Waals surface area contributed by atoms with Gasteiger partial charge in [0.1, 0.15) is 12.4 Å². The molecule has 156 valence electrons. The van der Waals surface area contributed by atoms with E-state index in [1.54, 1.807) is 12.1 Å². The van der Waals surface area contributed by atoms with E-state index in [0.29, 0.717) is 55.5 Å². The Morgan fingerprint density at radius 2 is 1.58 bits per heavy atom. The number of morpholine rings is 1. The number of nitrogens with zero attached hydrogens (tertiary/aromatic N) is 1. The molecule has 5 heteroatoms. The maximum Gasteiger partial charge on any atom is 0.200 e. The molecular weight excluding hydrogens is 390 g/mol. The predicted octanol–water partition coefficient (Wildman–Crippen LogP) is 4.88. The second kappa shape index (κ2) is 8.66. The number of anilines is 1. The van der Waals surface area contributed by atoms with Crippen molar-refractivity contribution >= 4 is 16.9 Å². The Balaban J connectivity index is 1.64. The van der Waals surface area contributed by atoms with Crippen LogP contribution in [-0.4, -0.2) is 26.3 Å². The van der Waals surface area contributed by atoms with Crippen LogP contribution in [0.2, 0.25) is 0 Å². The van der Waals surface area contributed by atoms with Crippen molar-refractivity contribution in [2.45, 2.75) is 6.61 Å². The molecule has 0 aliphatic carbocycles. The van der Waals surface area contributed by atoms with E-state index >= 15 is 0 Å². The zero-order valence-corrected chi connectivity index (χ0v) is 17.1. The molecule has 1 aliphatic heterocycles. The molecule has 1 aromatic heterocycles. The maximum atomic E-state index is 13.0. The van der Waals surface area contributed by atoms with Gasteiger partial charge in [-0.3, -0.25) is 4.79 Å². The van der Waals surface area contributed by atoms with Crippen LogP contribution in [0.1, 0.15) is 5.56 Å². The van der Waals surface area contributed by atoms with Gasteiger partial charge >= 0.3 is 0 Å². The first-order valence-corrected chi connectivity index (χ1v) is 10.5. The minimum Gasteiger partial charge on any atom is -0.488 e.